The van der Waals surface area contributed by atoms with E-state index in [1.807, 2.05) is 37.3 Å². The van der Waals surface area contributed by atoms with Crippen molar-refractivity contribution in [2.24, 2.45) is 0 Å². The topological polar surface area (TPSA) is 67.0 Å². The smallest absolute Gasteiger partial charge is 0.289 e. The van der Waals surface area contributed by atoms with Crippen LogP contribution in [0.4, 0.5) is 0 Å². The molecule has 0 spiro atoms. The number of benzene rings is 1. The van der Waals surface area contributed by atoms with Crippen LogP contribution in [0.1, 0.15) is 23.0 Å². The molecular formula is C19H24N3O3+. The average molecular weight is 342 g/mol. The van der Waals surface area contributed by atoms with Gasteiger partial charge in [-0.25, -0.2) is 0 Å². The quantitative estimate of drug-likeness (QED) is 0.823. The summed E-state index contributed by atoms with van der Waals surface area (Å²) in [5, 5.41) is 3.00. The number of amides is 2. The molecule has 6 nitrogen and oxygen atoms in total. The van der Waals surface area contributed by atoms with Gasteiger partial charge >= 0.3 is 0 Å². The highest BCUT2D eigenvalue weighted by atomic mass is 16.3. The molecule has 0 aliphatic carbocycles. The summed E-state index contributed by atoms with van der Waals surface area (Å²) in [6, 6.07) is 13.1. The second-order valence-corrected chi connectivity index (χ2v) is 6.35. The molecule has 1 aliphatic heterocycles. The van der Waals surface area contributed by atoms with E-state index in [4.69, 9.17) is 4.42 Å². The number of carbonyl (C=O) groups excluding carboxylic acids is 2. The predicted molar refractivity (Wildman–Crippen MR) is 93.1 cm³/mol. The van der Waals surface area contributed by atoms with Gasteiger partial charge in [0.2, 0.25) is 0 Å². The van der Waals surface area contributed by atoms with Crippen molar-refractivity contribution in [1.82, 2.24) is 10.2 Å². The summed E-state index contributed by atoms with van der Waals surface area (Å²) >= 11 is 0. The maximum Gasteiger partial charge on any atom is 0.289 e. The molecule has 3 rings (SSSR count). The van der Waals surface area contributed by atoms with Gasteiger partial charge in [0.25, 0.3) is 11.8 Å². The second-order valence-electron chi connectivity index (χ2n) is 6.35. The van der Waals surface area contributed by atoms with Crippen LogP contribution in [0.3, 0.4) is 0 Å². The Balaban J connectivity index is 1.47. The third kappa shape index (κ3) is 4.28. The van der Waals surface area contributed by atoms with Crippen molar-refractivity contribution in [2.45, 2.75) is 19.5 Å². The molecule has 1 fully saturated rings. The molecule has 0 saturated carbocycles. The normalized spacial score (nSPS) is 16.4. The Hall–Kier alpha value is -2.60. The van der Waals surface area contributed by atoms with Gasteiger partial charge in [0.05, 0.1) is 32.4 Å². The maximum atomic E-state index is 12.4. The van der Waals surface area contributed by atoms with E-state index in [1.165, 1.54) is 11.2 Å². The van der Waals surface area contributed by atoms with Gasteiger partial charge in [0.1, 0.15) is 0 Å². The first-order valence-electron chi connectivity index (χ1n) is 8.64. The fourth-order valence-electron chi connectivity index (χ4n) is 3.11. The number of hydrogen-bond donors (Lipinski definition) is 2. The van der Waals surface area contributed by atoms with Crippen LogP contribution >= 0.6 is 0 Å². The van der Waals surface area contributed by atoms with Crippen LogP contribution in [0.15, 0.2) is 53.1 Å². The third-order valence-corrected chi connectivity index (χ3v) is 4.74. The predicted octanol–water partition coefficient (Wildman–Crippen LogP) is 0.325. The van der Waals surface area contributed by atoms with Crippen molar-refractivity contribution in [3.8, 4) is 0 Å². The number of nitrogens with one attached hydrogen (secondary N) is 2. The first-order chi connectivity index (χ1) is 12.1. The number of rotatable bonds is 5. The lowest BCUT2D eigenvalue weighted by molar-refractivity contribution is -0.917. The highest BCUT2D eigenvalue weighted by Crippen LogP contribution is 2.05. The van der Waals surface area contributed by atoms with E-state index >= 15 is 0 Å². The molecule has 2 N–H and O–H groups in total. The van der Waals surface area contributed by atoms with Crippen molar-refractivity contribution < 1.29 is 18.9 Å². The maximum absolute atomic E-state index is 12.4. The summed E-state index contributed by atoms with van der Waals surface area (Å²) in [5.74, 6) is 0.340. The molecule has 1 aliphatic rings. The molecule has 2 aromatic rings. The first-order valence-corrected chi connectivity index (χ1v) is 8.64. The van der Waals surface area contributed by atoms with E-state index in [2.05, 4.69) is 5.32 Å². The first kappa shape index (κ1) is 17.2. The third-order valence-electron chi connectivity index (χ3n) is 4.74. The minimum atomic E-state index is -0.135. The molecule has 6 heteroatoms. The van der Waals surface area contributed by atoms with E-state index in [0.29, 0.717) is 25.4 Å². The zero-order valence-electron chi connectivity index (χ0n) is 14.4. The molecule has 25 heavy (non-hydrogen) atoms. The molecular weight excluding hydrogens is 318 g/mol. The highest BCUT2D eigenvalue weighted by molar-refractivity contribution is 5.91. The molecule has 132 valence electrons. The molecule has 0 bridgehead atoms. The molecule has 0 unspecified atom stereocenters. The highest BCUT2D eigenvalue weighted by Gasteiger charge is 2.31. The van der Waals surface area contributed by atoms with Gasteiger partial charge in [0.15, 0.2) is 11.8 Å². The van der Waals surface area contributed by atoms with Crippen molar-refractivity contribution in [3.05, 3.63) is 60.1 Å². The van der Waals surface area contributed by atoms with E-state index in [0.717, 1.165) is 18.7 Å². The summed E-state index contributed by atoms with van der Waals surface area (Å²) in [6.45, 7) is 5.26. The number of piperazine rings is 1. The van der Waals surface area contributed by atoms with Gasteiger partial charge in [0, 0.05) is 6.54 Å². The van der Waals surface area contributed by atoms with Crippen molar-refractivity contribution in [1.29, 1.82) is 0 Å². The number of furan rings is 1. The summed E-state index contributed by atoms with van der Waals surface area (Å²) in [5.41, 5.74) is 1.09. The molecule has 1 atom stereocenters. The van der Waals surface area contributed by atoms with Gasteiger partial charge in [-0.15, -0.1) is 0 Å². The van der Waals surface area contributed by atoms with Crippen LogP contribution in [0.2, 0.25) is 0 Å². The van der Waals surface area contributed by atoms with Crippen LogP contribution in [0.25, 0.3) is 0 Å². The summed E-state index contributed by atoms with van der Waals surface area (Å²) in [4.78, 5) is 27.7. The summed E-state index contributed by atoms with van der Waals surface area (Å²) in [7, 11) is 0. The zero-order valence-corrected chi connectivity index (χ0v) is 14.4. The number of nitrogens with zero attached hydrogens (tertiary/aromatic N) is 1. The molecule has 1 aromatic carbocycles. The van der Waals surface area contributed by atoms with E-state index in [1.54, 1.807) is 17.0 Å². The van der Waals surface area contributed by atoms with E-state index in [9.17, 15) is 9.59 Å². The number of quaternary nitrogens is 1. The van der Waals surface area contributed by atoms with Crippen LogP contribution in [-0.2, 0) is 11.3 Å². The Morgan fingerprint density at radius 3 is 2.52 bits per heavy atom. The standard InChI is InChI=1S/C19H23N3O3/c1-15(18(23)20-14-16-6-3-2-4-7-16)21-9-11-22(12-10-21)19(24)17-8-5-13-25-17/h2-8,13,15H,9-12,14H2,1H3,(H,20,23)/p+1/t15-/m1/s1. The van der Waals surface area contributed by atoms with Crippen LogP contribution < -0.4 is 10.2 Å². The van der Waals surface area contributed by atoms with Gasteiger partial charge in [-0.1, -0.05) is 30.3 Å². The van der Waals surface area contributed by atoms with Gasteiger partial charge in [-0.05, 0) is 24.6 Å². The molecule has 2 amide bonds. The fraction of sp³-hybridized carbons (Fsp3) is 0.368. The van der Waals surface area contributed by atoms with Gasteiger partial charge < -0.3 is 19.5 Å². The van der Waals surface area contributed by atoms with Crippen molar-refractivity contribution >= 4 is 11.8 Å². The van der Waals surface area contributed by atoms with E-state index < -0.39 is 0 Å². The Morgan fingerprint density at radius 1 is 1.16 bits per heavy atom. The molecule has 1 saturated heterocycles. The lowest BCUT2D eigenvalue weighted by atomic mass is 10.2. The van der Waals surface area contributed by atoms with Crippen LogP contribution in [0, 0.1) is 0 Å². The summed E-state index contributed by atoms with van der Waals surface area (Å²) < 4.78 is 5.17. The largest absolute Gasteiger partial charge is 0.459 e. The molecule has 2 heterocycles. The van der Waals surface area contributed by atoms with Crippen molar-refractivity contribution in [3.63, 3.8) is 0 Å². The minimum absolute atomic E-state index is 0.0460. The van der Waals surface area contributed by atoms with Gasteiger partial charge in [-0.3, -0.25) is 9.59 Å². The second kappa shape index (κ2) is 7.98. The van der Waals surface area contributed by atoms with Gasteiger partial charge in [-0.2, -0.15) is 0 Å². The number of hydrogen-bond acceptors (Lipinski definition) is 3. The fourth-order valence-corrected chi connectivity index (χ4v) is 3.11. The van der Waals surface area contributed by atoms with Crippen LogP contribution in [0.5, 0.6) is 0 Å². The Labute approximate surface area is 147 Å². The minimum Gasteiger partial charge on any atom is -0.459 e. The monoisotopic (exact) mass is 342 g/mol. The van der Waals surface area contributed by atoms with Crippen molar-refractivity contribution in [2.75, 3.05) is 26.2 Å². The molecule has 0 radical (unpaired) electrons. The zero-order chi connectivity index (χ0) is 17.6. The van der Waals surface area contributed by atoms with Crippen LogP contribution in [-0.4, -0.2) is 48.9 Å². The number of carbonyl (C=O) groups is 2. The summed E-state index contributed by atoms with van der Waals surface area (Å²) in [6.07, 6.45) is 1.51. The Morgan fingerprint density at radius 2 is 1.88 bits per heavy atom. The SMILES string of the molecule is C[C@H](C(=O)NCc1ccccc1)[NH+]1CCN(C(=O)c2ccco2)CC1. The Bertz CT molecular complexity index is 692. The average Bonchev–Trinajstić information content (AvgIpc) is 3.20. The lowest BCUT2D eigenvalue weighted by Gasteiger charge is -2.34. The molecule has 1 aromatic heterocycles. The lowest BCUT2D eigenvalue weighted by Crippen LogP contribution is -3.19. The Kier molecular flexibility index (Phi) is 5.50. The van der Waals surface area contributed by atoms with E-state index in [-0.39, 0.29) is 17.9 Å².